The molecule has 3 aromatic carbocycles. The molecule has 0 bridgehead atoms. The average Bonchev–Trinajstić information content (AvgIpc) is 2.74. The van der Waals surface area contributed by atoms with Gasteiger partial charge in [0.15, 0.2) is 0 Å². The number of ether oxygens (including phenoxy) is 1. The number of nitriles is 1. The van der Waals surface area contributed by atoms with Gasteiger partial charge in [-0.2, -0.15) is 5.26 Å². The number of rotatable bonds is 6. The molecule has 0 aliphatic rings. The molecule has 3 aromatic rings. The summed E-state index contributed by atoms with van der Waals surface area (Å²) in [6, 6.07) is 18.8. The van der Waals surface area contributed by atoms with E-state index in [1.807, 2.05) is 31.2 Å². The number of aryl methyl sites for hydroxylation is 1. The summed E-state index contributed by atoms with van der Waals surface area (Å²) in [6.45, 7) is 2.07. The van der Waals surface area contributed by atoms with Crippen LogP contribution in [0.1, 0.15) is 16.7 Å². The first-order valence-corrected chi connectivity index (χ1v) is 10.8. The summed E-state index contributed by atoms with van der Waals surface area (Å²) in [4.78, 5) is 12.7. The Morgan fingerprint density at radius 3 is 2.55 bits per heavy atom. The Bertz CT molecular complexity index is 1190. The van der Waals surface area contributed by atoms with E-state index in [2.05, 4.69) is 37.2 Å². The molecule has 0 aromatic heterocycles. The number of para-hydroxylation sites is 1. The van der Waals surface area contributed by atoms with Crippen molar-refractivity contribution in [3.8, 4) is 11.8 Å². The summed E-state index contributed by atoms with van der Waals surface area (Å²) in [5.74, 6) is -0.378. The van der Waals surface area contributed by atoms with Gasteiger partial charge in [0.1, 0.15) is 29.8 Å². The van der Waals surface area contributed by atoms with Crippen molar-refractivity contribution in [2.24, 2.45) is 0 Å². The summed E-state index contributed by atoms with van der Waals surface area (Å²) in [5.41, 5.74) is 2.78. The van der Waals surface area contributed by atoms with Gasteiger partial charge in [0, 0.05) is 15.7 Å². The molecule has 0 atom stereocenters. The molecular weight excluding hydrogens is 527 g/mol. The Labute approximate surface area is 196 Å². The van der Waals surface area contributed by atoms with Crippen molar-refractivity contribution in [2.75, 3.05) is 5.32 Å². The van der Waals surface area contributed by atoms with Crippen LogP contribution >= 0.6 is 31.9 Å². The van der Waals surface area contributed by atoms with Crippen LogP contribution in [0.3, 0.4) is 0 Å². The molecule has 0 aliphatic heterocycles. The summed E-state index contributed by atoms with van der Waals surface area (Å²) in [7, 11) is 0. The van der Waals surface area contributed by atoms with E-state index in [9.17, 15) is 14.4 Å². The Balaban J connectivity index is 1.89. The first-order chi connectivity index (χ1) is 14.9. The van der Waals surface area contributed by atoms with Gasteiger partial charge < -0.3 is 10.1 Å². The Kier molecular flexibility index (Phi) is 7.61. The zero-order valence-corrected chi connectivity index (χ0v) is 19.6. The Hall–Kier alpha value is -2.95. The molecule has 0 aliphatic carbocycles. The lowest BCUT2D eigenvalue weighted by Gasteiger charge is -2.13. The predicted octanol–water partition coefficient (Wildman–Crippen LogP) is 6.78. The lowest BCUT2D eigenvalue weighted by molar-refractivity contribution is -0.112. The minimum absolute atomic E-state index is 0.0696. The van der Waals surface area contributed by atoms with Crippen LogP contribution in [0, 0.1) is 24.1 Å². The normalized spacial score (nSPS) is 11.0. The van der Waals surface area contributed by atoms with Crippen molar-refractivity contribution in [1.29, 1.82) is 5.26 Å². The van der Waals surface area contributed by atoms with E-state index in [-0.39, 0.29) is 18.0 Å². The molecule has 4 nitrogen and oxygen atoms in total. The van der Waals surface area contributed by atoms with Gasteiger partial charge >= 0.3 is 0 Å². The van der Waals surface area contributed by atoms with Crippen LogP contribution < -0.4 is 10.1 Å². The molecule has 7 heteroatoms. The molecule has 156 valence electrons. The van der Waals surface area contributed by atoms with E-state index in [4.69, 9.17) is 4.74 Å². The number of hydrogen-bond donors (Lipinski definition) is 1. The molecule has 0 heterocycles. The van der Waals surface area contributed by atoms with Crippen LogP contribution in [-0.2, 0) is 11.4 Å². The van der Waals surface area contributed by atoms with E-state index in [1.165, 1.54) is 18.2 Å². The number of amides is 1. The average molecular weight is 544 g/mol. The molecule has 0 spiro atoms. The first kappa shape index (κ1) is 22.7. The molecule has 3 rings (SSSR count). The van der Waals surface area contributed by atoms with Gasteiger partial charge in [-0.15, -0.1) is 0 Å². The maximum absolute atomic E-state index is 13.1. The van der Waals surface area contributed by atoms with Gasteiger partial charge in [0.25, 0.3) is 5.91 Å². The fraction of sp³-hybridized carbons (Fsp3) is 0.0833. The van der Waals surface area contributed by atoms with Gasteiger partial charge in [-0.1, -0.05) is 46.3 Å². The number of benzene rings is 3. The van der Waals surface area contributed by atoms with Gasteiger partial charge in [-0.05, 0) is 70.4 Å². The predicted molar refractivity (Wildman–Crippen MR) is 126 cm³/mol. The van der Waals surface area contributed by atoms with Crippen LogP contribution in [0.15, 0.2) is 75.2 Å². The molecule has 0 unspecified atom stereocenters. The van der Waals surface area contributed by atoms with E-state index in [0.717, 1.165) is 15.6 Å². The zero-order chi connectivity index (χ0) is 22.4. The number of carbonyl (C=O) groups is 1. The van der Waals surface area contributed by atoms with Crippen LogP contribution in [0.5, 0.6) is 5.75 Å². The molecule has 0 radical (unpaired) electrons. The standard InChI is InChI=1S/C24H17Br2FN2O2/c1-15-4-2-3-5-22(15)29-24(30)18(13-28)10-17-11-19(25)12-21(26)23(17)31-14-16-6-8-20(27)9-7-16/h2-12H,14H2,1H3,(H,29,30)/b18-10+. The maximum atomic E-state index is 13.1. The van der Waals surface area contributed by atoms with Crippen molar-refractivity contribution in [3.05, 3.63) is 97.7 Å². The lowest BCUT2D eigenvalue weighted by atomic mass is 10.1. The minimum atomic E-state index is -0.516. The van der Waals surface area contributed by atoms with Crippen molar-refractivity contribution < 1.29 is 13.9 Å². The largest absolute Gasteiger partial charge is 0.487 e. The highest BCUT2D eigenvalue weighted by atomic mass is 79.9. The summed E-state index contributed by atoms with van der Waals surface area (Å²) in [5, 5.41) is 12.4. The summed E-state index contributed by atoms with van der Waals surface area (Å²) in [6.07, 6.45) is 1.48. The molecule has 31 heavy (non-hydrogen) atoms. The monoisotopic (exact) mass is 542 g/mol. The second-order valence-electron chi connectivity index (χ2n) is 6.66. The molecule has 0 saturated carbocycles. The fourth-order valence-corrected chi connectivity index (χ4v) is 4.16. The molecule has 1 N–H and O–H groups in total. The van der Waals surface area contributed by atoms with Crippen LogP contribution in [0.4, 0.5) is 10.1 Å². The van der Waals surface area contributed by atoms with Crippen LogP contribution in [0.25, 0.3) is 6.08 Å². The molecule has 1 amide bonds. The quantitative estimate of drug-likeness (QED) is 0.275. The molecular formula is C24H17Br2FN2O2. The third-order valence-electron chi connectivity index (χ3n) is 4.39. The third-order valence-corrected chi connectivity index (χ3v) is 5.44. The Morgan fingerprint density at radius 2 is 1.87 bits per heavy atom. The zero-order valence-electron chi connectivity index (χ0n) is 16.5. The van der Waals surface area contributed by atoms with Crippen LogP contribution in [-0.4, -0.2) is 5.91 Å². The lowest BCUT2D eigenvalue weighted by Crippen LogP contribution is -2.14. The number of nitrogens with zero attached hydrogens (tertiary/aromatic N) is 1. The van der Waals surface area contributed by atoms with E-state index >= 15 is 0 Å². The number of carbonyl (C=O) groups excluding carboxylic acids is 1. The summed E-state index contributed by atoms with van der Waals surface area (Å²) >= 11 is 6.89. The van der Waals surface area contributed by atoms with Gasteiger partial charge in [0.2, 0.25) is 0 Å². The molecule has 0 fully saturated rings. The van der Waals surface area contributed by atoms with Crippen molar-refractivity contribution in [3.63, 3.8) is 0 Å². The van der Waals surface area contributed by atoms with Gasteiger partial charge in [-0.25, -0.2) is 4.39 Å². The van der Waals surface area contributed by atoms with Crippen LogP contribution in [0.2, 0.25) is 0 Å². The smallest absolute Gasteiger partial charge is 0.266 e. The van der Waals surface area contributed by atoms with E-state index < -0.39 is 5.91 Å². The third kappa shape index (κ3) is 6.03. The van der Waals surface area contributed by atoms with Crippen molar-refractivity contribution in [1.82, 2.24) is 0 Å². The van der Waals surface area contributed by atoms with Crippen molar-refractivity contribution >= 4 is 49.5 Å². The number of nitrogens with one attached hydrogen (secondary N) is 1. The second kappa shape index (κ2) is 10.4. The van der Waals surface area contributed by atoms with E-state index in [0.29, 0.717) is 21.5 Å². The highest BCUT2D eigenvalue weighted by molar-refractivity contribution is 9.11. The number of hydrogen-bond acceptors (Lipinski definition) is 3. The summed E-state index contributed by atoms with van der Waals surface area (Å²) < 4.78 is 20.5. The highest BCUT2D eigenvalue weighted by Crippen LogP contribution is 2.35. The maximum Gasteiger partial charge on any atom is 0.266 e. The Morgan fingerprint density at radius 1 is 1.16 bits per heavy atom. The number of halogens is 3. The first-order valence-electron chi connectivity index (χ1n) is 9.22. The minimum Gasteiger partial charge on any atom is -0.487 e. The van der Waals surface area contributed by atoms with E-state index in [1.54, 1.807) is 30.3 Å². The van der Waals surface area contributed by atoms with Gasteiger partial charge in [0.05, 0.1) is 4.47 Å². The van der Waals surface area contributed by atoms with Gasteiger partial charge in [-0.3, -0.25) is 4.79 Å². The fourth-order valence-electron chi connectivity index (χ4n) is 2.78. The number of anilines is 1. The SMILES string of the molecule is Cc1ccccc1NC(=O)/C(C#N)=C/c1cc(Br)cc(Br)c1OCc1ccc(F)cc1. The van der Waals surface area contributed by atoms with Crippen molar-refractivity contribution in [2.45, 2.75) is 13.5 Å². The highest BCUT2D eigenvalue weighted by Gasteiger charge is 2.15. The second-order valence-corrected chi connectivity index (χ2v) is 8.43. The molecule has 0 saturated heterocycles. The topological polar surface area (TPSA) is 62.1 Å².